The van der Waals surface area contributed by atoms with Gasteiger partial charge in [0.15, 0.2) is 0 Å². The van der Waals surface area contributed by atoms with Gasteiger partial charge in [0.1, 0.15) is 16.4 Å². The fourth-order valence-corrected chi connectivity index (χ4v) is 5.04. The van der Waals surface area contributed by atoms with Crippen LogP contribution in [0.5, 0.6) is 0 Å². The third-order valence-corrected chi connectivity index (χ3v) is 6.48. The molecule has 2 atom stereocenters. The number of nitrogens with one attached hydrogen (secondary N) is 1. The van der Waals surface area contributed by atoms with Crippen molar-refractivity contribution in [2.45, 2.75) is 56.7 Å². The fourth-order valence-electron chi connectivity index (χ4n) is 4.34. The molecule has 2 bridgehead atoms. The molecule has 2 saturated heterocycles. The molecule has 140 valence electrons. The summed E-state index contributed by atoms with van der Waals surface area (Å²) in [7, 11) is 1.91. The smallest absolute Gasteiger partial charge is 0.240 e. The Hall–Kier alpha value is -1.84. The second-order valence-electron chi connectivity index (χ2n) is 7.26. The predicted molar refractivity (Wildman–Crippen MR) is 97.8 cm³/mol. The standard InChI is InChI=1S/C17H24N6O2S/c1-3-14-20-21-16(26-14)19-13(24)10-23-11-4-5-12(23)9-17(25,8-11)15-18-6-7-22(15)2/h6-7,11-12,25H,3-5,8-10H2,1-2H3,(H,19,21,24)/t11-,12-/m1/s1. The fraction of sp³-hybridized carbons (Fsp3) is 0.647. The molecule has 0 unspecified atom stereocenters. The van der Waals surface area contributed by atoms with Crippen LogP contribution in [-0.2, 0) is 23.9 Å². The number of fused-ring (bicyclic) bond motifs is 2. The molecule has 0 saturated carbocycles. The molecule has 8 nitrogen and oxygen atoms in total. The molecule has 0 radical (unpaired) electrons. The first-order valence-electron chi connectivity index (χ1n) is 9.06. The molecule has 26 heavy (non-hydrogen) atoms. The van der Waals surface area contributed by atoms with Gasteiger partial charge in [0.25, 0.3) is 0 Å². The first-order chi connectivity index (χ1) is 12.5. The minimum absolute atomic E-state index is 0.0665. The van der Waals surface area contributed by atoms with Gasteiger partial charge in [0.2, 0.25) is 11.0 Å². The van der Waals surface area contributed by atoms with E-state index < -0.39 is 5.60 Å². The lowest BCUT2D eigenvalue weighted by Crippen LogP contribution is -2.52. The van der Waals surface area contributed by atoms with Crippen LogP contribution in [0.4, 0.5) is 5.13 Å². The van der Waals surface area contributed by atoms with Gasteiger partial charge in [-0.15, -0.1) is 10.2 Å². The van der Waals surface area contributed by atoms with Crippen LogP contribution in [0.3, 0.4) is 0 Å². The average Bonchev–Trinajstić information content (AvgIpc) is 3.28. The first-order valence-corrected chi connectivity index (χ1v) is 9.88. The quantitative estimate of drug-likeness (QED) is 0.816. The summed E-state index contributed by atoms with van der Waals surface area (Å²) in [6, 6.07) is 0.392. The van der Waals surface area contributed by atoms with Crippen LogP contribution in [0.1, 0.15) is 43.4 Å². The number of aryl methyl sites for hydroxylation is 2. The number of carbonyl (C=O) groups is 1. The third kappa shape index (κ3) is 3.15. The summed E-state index contributed by atoms with van der Waals surface area (Å²) >= 11 is 1.42. The van der Waals surface area contributed by atoms with E-state index in [9.17, 15) is 9.90 Å². The van der Waals surface area contributed by atoms with Gasteiger partial charge in [0, 0.05) is 31.5 Å². The molecule has 2 aromatic rings. The zero-order valence-electron chi connectivity index (χ0n) is 15.1. The molecule has 0 aliphatic carbocycles. The van der Waals surface area contributed by atoms with Crippen LogP contribution in [0, 0.1) is 0 Å². The van der Waals surface area contributed by atoms with Crippen molar-refractivity contribution in [3.8, 4) is 0 Å². The Kier molecular flexibility index (Phi) is 4.54. The number of nitrogens with zero attached hydrogens (tertiary/aromatic N) is 5. The van der Waals surface area contributed by atoms with E-state index in [0.717, 1.165) is 30.1 Å². The van der Waals surface area contributed by atoms with Crippen LogP contribution < -0.4 is 5.32 Å². The summed E-state index contributed by atoms with van der Waals surface area (Å²) in [4.78, 5) is 19.0. The van der Waals surface area contributed by atoms with Crippen molar-refractivity contribution in [2.24, 2.45) is 7.05 Å². The van der Waals surface area contributed by atoms with E-state index >= 15 is 0 Å². The third-order valence-electron chi connectivity index (χ3n) is 5.50. The van der Waals surface area contributed by atoms with Crippen molar-refractivity contribution < 1.29 is 9.90 Å². The van der Waals surface area contributed by atoms with E-state index in [1.165, 1.54) is 11.3 Å². The molecule has 9 heteroatoms. The molecular weight excluding hydrogens is 352 g/mol. The SMILES string of the molecule is CCc1nnc(NC(=O)CN2[C@@H]3CC[C@@H]2CC(O)(c2nccn2C)C3)s1. The molecule has 2 aromatic heterocycles. The van der Waals surface area contributed by atoms with Crippen molar-refractivity contribution in [1.29, 1.82) is 0 Å². The van der Waals surface area contributed by atoms with Gasteiger partial charge >= 0.3 is 0 Å². The number of piperidine rings is 1. The number of aliphatic hydroxyl groups is 1. The molecule has 2 fully saturated rings. The van der Waals surface area contributed by atoms with Gasteiger partial charge in [-0.2, -0.15) is 0 Å². The predicted octanol–water partition coefficient (Wildman–Crippen LogP) is 1.29. The number of imidazole rings is 1. The monoisotopic (exact) mass is 376 g/mol. The van der Waals surface area contributed by atoms with E-state index in [1.807, 2.05) is 24.7 Å². The average molecular weight is 376 g/mol. The zero-order chi connectivity index (χ0) is 18.3. The highest BCUT2D eigenvalue weighted by Gasteiger charge is 2.50. The maximum absolute atomic E-state index is 12.4. The Morgan fingerprint density at radius 2 is 2.12 bits per heavy atom. The van der Waals surface area contributed by atoms with E-state index in [4.69, 9.17) is 0 Å². The van der Waals surface area contributed by atoms with E-state index in [2.05, 4.69) is 25.4 Å². The number of carbonyl (C=O) groups excluding carboxylic acids is 1. The second kappa shape index (κ2) is 6.71. The molecule has 0 spiro atoms. The lowest BCUT2D eigenvalue weighted by atomic mass is 9.85. The van der Waals surface area contributed by atoms with Crippen LogP contribution in [-0.4, -0.2) is 54.3 Å². The Bertz CT molecular complexity index is 789. The Balaban J connectivity index is 1.42. The minimum atomic E-state index is -0.910. The normalized spacial score (nSPS) is 28.4. The van der Waals surface area contributed by atoms with Crippen molar-refractivity contribution in [1.82, 2.24) is 24.6 Å². The summed E-state index contributed by atoms with van der Waals surface area (Å²) in [5, 5.41) is 23.5. The summed E-state index contributed by atoms with van der Waals surface area (Å²) in [6.45, 7) is 2.34. The molecule has 4 rings (SSSR count). The molecule has 4 heterocycles. The molecule has 2 aliphatic rings. The highest BCUT2D eigenvalue weighted by Crippen LogP contribution is 2.44. The lowest BCUT2D eigenvalue weighted by molar-refractivity contribution is -0.121. The Labute approximate surface area is 156 Å². The van der Waals surface area contributed by atoms with Crippen LogP contribution in [0.2, 0.25) is 0 Å². The van der Waals surface area contributed by atoms with Crippen molar-refractivity contribution in [3.63, 3.8) is 0 Å². The lowest BCUT2D eigenvalue weighted by Gasteiger charge is -2.42. The number of rotatable bonds is 5. The van der Waals surface area contributed by atoms with Gasteiger partial charge in [-0.25, -0.2) is 4.98 Å². The molecule has 0 aromatic carbocycles. The van der Waals surface area contributed by atoms with Gasteiger partial charge < -0.3 is 9.67 Å². The summed E-state index contributed by atoms with van der Waals surface area (Å²) in [5.41, 5.74) is -0.910. The summed E-state index contributed by atoms with van der Waals surface area (Å²) < 4.78 is 1.89. The van der Waals surface area contributed by atoms with Crippen LogP contribution >= 0.6 is 11.3 Å². The van der Waals surface area contributed by atoms with Gasteiger partial charge in [-0.3, -0.25) is 15.0 Å². The maximum Gasteiger partial charge on any atom is 0.240 e. The van der Waals surface area contributed by atoms with Crippen molar-refractivity contribution in [2.75, 3.05) is 11.9 Å². The van der Waals surface area contributed by atoms with Gasteiger partial charge in [-0.05, 0) is 32.1 Å². The van der Waals surface area contributed by atoms with Gasteiger partial charge in [-0.1, -0.05) is 18.3 Å². The topological polar surface area (TPSA) is 96.2 Å². The number of hydrogen-bond donors (Lipinski definition) is 2. The number of amides is 1. The van der Waals surface area contributed by atoms with Crippen LogP contribution in [0.15, 0.2) is 12.4 Å². The highest BCUT2D eigenvalue weighted by molar-refractivity contribution is 7.15. The van der Waals surface area contributed by atoms with Crippen molar-refractivity contribution in [3.05, 3.63) is 23.2 Å². The van der Waals surface area contributed by atoms with E-state index in [-0.39, 0.29) is 18.0 Å². The Morgan fingerprint density at radius 3 is 2.69 bits per heavy atom. The minimum Gasteiger partial charge on any atom is -0.382 e. The molecule has 2 N–H and O–H groups in total. The van der Waals surface area contributed by atoms with Gasteiger partial charge in [0.05, 0.1) is 6.54 Å². The highest BCUT2D eigenvalue weighted by atomic mass is 32.1. The molecular formula is C17H24N6O2S. The zero-order valence-corrected chi connectivity index (χ0v) is 15.9. The maximum atomic E-state index is 12.4. The van der Waals surface area contributed by atoms with E-state index in [1.54, 1.807) is 6.20 Å². The molecule has 2 aliphatic heterocycles. The second-order valence-corrected chi connectivity index (χ2v) is 8.32. The summed E-state index contributed by atoms with van der Waals surface area (Å²) in [6.07, 6.45) is 7.63. The first kappa shape index (κ1) is 17.6. The number of hydrogen-bond acceptors (Lipinski definition) is 7. The summed E-state index contributed by atoms with van der Waals surface area (Å²) in [5.74, 6) is 0.655. The number of anilines is 1. The molecule has 1 amide bonds. The number of aromatic nitrogens is 4. The Morgan fingerprint density at radius 1 is 1.38 bits per heavy atom. The van der Waals surface area contributed by atoms with E-state index in [0.29, 0.717) is 24.5 Å². The van der Waals surface area contributed by atoms with Crippen LogP contribution in [0.25, 0.3) is 0 Å². The van der Waals surface area contributed by atoms with Crippen molar-refractivity contribution >= 4 is 22.4 Å². The largest absolute Gasteiger partial charge is 0.382 e.